The van der Waals surface area contributed by atoms with Gasteiger partial charge in [0, 0.05) is 34.7 Å². The summed E-state index contributed by atoms with van der Waals surface area (Å²) in [6.45, 7) is 0.851. The first-order valence-corrected chi connectivity index (χ1v) is 10.3. The minimum Gasteiger partial charge on any atom is -0.478 e. The van der Waals surface area contributed by atoms with Crippen molar-refractivity contribution in [1.82, 2.24) is 9.88 Å². The van der Waals surface area contributed by atoms with Crippen molar-refractivity contribution < 1.29 is 14.7 Å². The van der Waals surface area contributed by atoms with Gasteiger partial charge in [0.2, 0.25) is 0 Å². The zero-order valence-corrected chi connectivity index (χ0v) is 17.8. The molecule has 2 N–H and O–H groups in total. The molecule has 7 heteroatoms. The van der Waals surface area contributed by atoms with E-state index in [4.69, 9.17) is 28.3 Å². The van der Waals surface area contributed by atoms with Crippen LogP contribution < -0.4 is 5.32 Å². The number of aromatic carboxylic acids is 1. The maximum absolute atomic E-state index is 13.0. The molecule has 0 unspecified atom stereocenters. The van der Waals surface area contributed by atoms with E-state index in [1.54, 1.807) is 18.2 Å². The van der Waals surface area contributed by atoms with E-state index in [1.807, 2.05) is 47.2 Å². The highest BCUT2D eigenvalue weighted by atomic mass is 35.5. The number of carboxylic acid groups (broad SMARTS) is 1. The summed E-state index contributed by atoms with van der Waals surface area (Å²) >= 11 is 12.2. The third-order valence-corrected chi connectivity index (χ3v) is 5.46. The molecule has 0 atom stereocenters. The number of carbonyl (C=O) groups is 2. The lowest BCUT2D eigenvalue weighted by Gasteiger charge is -2.12. The van der Waals surface area contributed by atoms with Gasteiger partial charge in [-0.15, -0.1) is 0 Å². The molecule has 0 saturated heterocycles. The van der Waals surface area contributed by atoms with Gasteiger partial charge in [-0.2, -0.15) is 0 Å². The highest BCUT2D eigenvalue weighted by molar-refractivity contribution is 6.32. The maximum Gasteiger partial charge on any atom is 0.335 e. The number of benzene rings is 3. The molecule has 0 bridgehead atoms. The second-order valence-corrected chi connectivity index (χ2v) is 8.02. The fourth-order valence-electron chi connectivity index (χ4n) is 3.45. The zero-order valence-electron chi connectivity index (χ0n) is 16.3. The summed E-state index contributed by atoms with van der Waals surface area (Å²) in [4.78, 5) is 24.0. The van der Waals surface area contributed by atoms with Crippen molar-refractivity contribution in [3.8, 4) is 0 Å². The van der Waals surface area contributed by atoms with Crippen LogP contribution in [-0.2, 0) is 13.1 Å². The number of carboxylic acids is 1. The Morgan fingerprint density at radius 1 is 0.871 bits per heavy atom. The molecule has 0 aliphatic rings. The Balaban J connectivity index is 1.59. The number of hydrogen-bond donors (Lipinski definition) is 2. The van der Waals surface area contributed by atoms with Gasteiger partial charge in [0.25, 0.3) is 5.91 Å². The number of halogens is 2. The first-order valence-electron chi connectivity index (χ1n) is 9.54. The third kappa shape index (κ3) is 4.74. The molecule has 4 rings (SSSR count). The average Bonchev–Trinajstić information content (AvgIpc) is 3.15. The van der Waals surface area contributed by atoms with Crippen LogP contribution in [0.2, 0.25) is 10.0 Å². The fourth-order valence-corrected chi connectivity index (χ4v) is 3.80. The molecule has 0 spiro atoms. The number of rotatable bonds is 6. The SMILES string of the molecule is O=C(O)c1ccc(CNC(=O)c2cc(Cl)cc3ccn(Cc4ccc(Cl)cc4)c23)cc1. The first-order chi connectivity index (χ1) is 14.9. The minimum absolute atomic E-state index is 0.201. The van der Waals surface area contributed by atoms with Crippen molar-refractivity contribution in [3.63, 3.8) is 0 Å². The summed E-state index contributed by atoms with van der Waals surface area (Å²) in [5, 5.41) is 13.9. The largest absolute Gasteiger partial charge is 0.478 e. The molecule has 0 aliphatic heterocycles. The Morgan fingerprint density at radius 2 is 1.55 bits per heavy atom. The van der Waals surface area contributed by atoms with E-state index in [-0.39, 0.29) is 18.0 Å². The standard InChI is InChI=1S/C24H18Cl2N2O3/c25-19-7-3-16(4-8-19)14-28-10-9-18-11-20(26)12-21(22(18)28)23(29)27-13-15-1-5-17(6-2-15)24(30)31/h1-12H,13-14H2,(H,27,29)(H,30,31). The van der Waals surface area contributed by atoms with Gasteiger partial charge in [0.05, 0.1) is 16.6 Å². The van der Waals surface area contributed by atoms with Crippen molar-refractivity contribution in [2.24, 2.45) is 0 Å². The van der Waals surface area contributed by atoms with Crippen molar-refractivity contribution in [1.29, 1.82) is 0 Å². The van der Waals surface area contributed by atoms with Crippen LogP contribution >= 0.6 is 23.2 Å². The second kappa shape index (κ2) is 8.84. The summed E-state index contributed by atoms with van der Waals surface area (Å²) < 4.78 is 2.01. The molecule has 5 nitrogen and oxygen atoms in total. The van der Waals surface area contributed by atoms with Gasteiger partial charge in [-0.1, -0.05) is 47.5 Å². The van der Waals surface area contributed by atoms with Crippen molar-refractivity contribution >= 4 is 46.0 Å². The Kier molecular flexibility index (Phi) is 5.98. The molecular formula is C24H18Cl2N2O3. The van der Waals surface area contributed by atoms with Crippen LogP contribution in [0.25, 0.3) is 10.9 Å². The fraction of sp³-hybridized carbons (Fsp3) is 0.0833. The quantitative estimate of drug-likeness (QED) is 0.398. The van der Waals surface area contributed by atoms with Crippen LogP contribution in [-0.4, -0.2) is 21.6 Å². The van der Waals surface area contributed by atoms with Crippen molar-refractivity contribution in [2.45, 2.75) is 13.1 Å². The molecule has 0 radical (unpaired) electrons. The summed E-state index contributed by atoms with van der Waals surface area (Å²) in [7, 11) is 0. The normalized spacial score (nSPS) is 10.9. The van der Waals surface area contributed by atoms with E-state index in [9.17, 15) is 9.59 Å². The summed E-state index contributed by atoms with van der Waals surface area (Å²) in [5.41, 5.74) is 3.32. The highest BCUT2D eigenvalue weighted by Crippen LogP contribution is 2.26. The van der Waals surface area contributed by atoms with E-state index < -0.39 is 5.97 Å². The maximum atomic E-state index is 13.0. The van der Waals surface area contributed by atoms with E-state index >= 15 is 0 Å². The molecule has 0 fully saturated rings. The van der Waals surface area contributed by atoms with Gasteiger partial charge in [0.15, 0.2) is 0 Å². The summed E-state index contributed by atoms with van der Waals surface area (Å²) in [6.07, 6.45) is 1.93. The third-order valence-electron chi connectivity index (χ3n) is 4.99. The molecule has 156 valence electrons. The first kappa shape index (κ1) is 21.0. The Labute approximate surface area is 188 Å². The van der Waals surface area contributed by atoms with Crippen LogP contribution in [0, 0.1) is 0 Å². The van der Waals surface area contributed by atoms with Crippen LogP contribution in [0.4, 0.5) is 0 Å². The van der Waals surface area contributed by atoms with Gasteiger partial charge < -0.3 is 15.0 Å². The molecule has 1 heterocycles. The Hall–Kier alpha value is -3.28. The molecule has 1 aromatic heterocycles. The van der Waals surface area contributed by atoms with Crippen LogP contribution in [0.1, 0.15) is 31.8 Å². The molecule has 0 aliphatic carbocycles. The van der Waals surface area contributed by atoms with Crippen molar-refractivity contribution in [2.75, 3.05) is 0 Å². The van der Waals surface area contributed by atoms with Crippen molar-refractivity contribution in [3.05, 3.63) is 105 Å². The number of amides is 1. The highest BCUT2D eigenvalue weighted by Gasteiger charge is 2.15. The van der Waals surface area contributed by atoms with E-state index in [1.165, 1.54) is 12.1 Å². The number of fused-ring (bicyclic) bond motifs is 1. The average molecular weight is 453 g/mol. The molecule has 3 aromatic carbocycles. The molecular weight excluding hydrogens is 435 g/mol. The van der Waals surface area contributed by atoms with Gasteiger partial charge in [-0.25, -0.2) is 4.79 Å². The lowest BCUT2D eigenvalue weighted by Crippen LogP contribution is -2.23. The van der Waals surface area contributed by atoms with E-state index in [2.05, 4.69) is 5.32 Å². The monoisotopic (exact) mass is 452 g/mol. The number of hydrogen-bond acceptors (Lipinski definition) is 2. The Bertz CT molecular complexity index is 1260. The van der Waals surface area contributed by atoms with Gasteiger partial charge >= 0.3 is 5.97 Å². The van der Waals surface area contributed by atoms with Crippen LogP contribution in [0.5, 0.6) is 0 Å². The Morgan fingerprint density at radius 3 is 2.23 bits per heavy atom. The van der Waals surface area contributed by atoms with Gasteiger partial charge in [0.1, 0.15) is 0 Å². The molecule has 1 amide bonds. The van der Waals surface area contributed by atoms with Gasteiger partial charge in [-0.05, 0) is 53.6 Å². The summed E-state index contributed by atoms with van der Waals surface area (Å²) in [6, 6.07) is 19.4. The number of nitrogens with zero attached hydrogens (tertiary/aromatic N) is 1. The van der Waals surface area contributed by atoms with Crippen LogP contribution in [0.15, 0.2) is 72.9 Å². The van der Waals surface area contributed by atoms with E-state index in [0.29, 0.717) is 22.2 Å². The molecule has 4 aromatic rings. The zero-order chi connectivity index (χ0) is 22.0. The predicted octanol–water partition coefficient (Wildman–Crippen LogP) is 5.62. The number of aromatic nitrogens is 1. The predicted molar refractivity (Wildman–Crippen MR) is 122 cm³/mol. The lowest BCUT2D eigenvalue weighted by molar-refractivity contribution is 0.0696. The topological polar surface area (TPSA) is 71.3 Å². The number of carbonyl (C=O) groups excluding carboxylic acids is 1. The van der Waals surface area contributed by atoms with E-state index in [0.717, 1.165) is 22.0 Å². The minimum atomic E-state index is -0.988. The lowest BCUT2D eigenvalue weighted by atomic mass is 10.1. The van der Waals surface area contributed by atoms with Gasteiger partial charge in [-0.3, -0.25) is 4.79 Å². The smallest absolute Gasteiger partial charge is 0.335 e. The second-order valence-electron chi connectivity index (χ2n) is 7.15. The summed E-state index contributed by atoms with van der Waals surface area (Å²) in [5.74, 6) is -1.25. The van der Waals surface area contributed by atoms with Crippen LogP contribution in [0.3, 0.4) is 0 Å². The number of nitrogens with one attached hydrogen (secondary N) is 1. The molecule has 31 heavy (non-hydrogen) atoms. The molecule has 0 saturated carbocycles.